The Balaban J connectivity index is 2.70. The lowest BCUT2D eigenvalue weighted by Crippen LogP contribution is -1.99. The summed E-state index contributed by atoms with van der Waals surface area (Å²) in [4.78, 5) is 11.6. The van der Waals surface area contributed by atoms with E-state index in [4.69, 9.17) is 4.74 Å². The minimum Gasteiger partial charge on any atom is -0.507 e. The van der Waals surface area contributed by atoms with Crippen LogP contribution in [0.1, 0.15) is 76.2 Å². The van der Waals surface area contributed by atoms with Gasteiger partial charge in [0.25, 0.3) is 0 Å². The molecule has 0 saturated carbocycles. The molecule has 0 unspecified atom stereocenters. The molecule has 0 atom stereocenters. The zero-order valence-corrected chi connectivity index (χ0v) is 17.7. The van der Waals surface area contributed by atoms with Crippen molar-refractivity contribution in [1.29, 1.82) is 0 Å². The number of methoxy groups -OCH3 is 1. The molecule has 0 aliphatic rings. The van der Waals surface area contributed by atoms with Crippen molar-refractivity contribution in [3.8, 4) is 11.5 Å². The molecule has 0 spiro atoms. The van der Waals surface area contributed by atoms with Gasteiger partial charge in [-0.2, -0.15) is 0 Å². The highest BCUT2D eigenvalue weighted by molar-refractivity contribution is 5.97. The molecule has 0 aromatic heterocycles. The molecule has 0 aliphatic heterocycles. The molecule has 1 N–H and O–H groups in total. The van der Waals surface area contributed by atoms with Gasteiger partial charge < -0.3 is 9.84 Å². The van der Waals surface area contributed by atoms with Crippen molar-refractivity contribution in [1.82, 2.24) is 0 Å². The molecule has 0 aliphatic carbocycles. The number of allylic oxidation sites excluding steroid dienone is 6. The maximum atomic E-state index is 11.6. The van der Waals surface area contributed by atoms with Crippen LogP contribution in [0.2, 0.25) is 0 Å². The smallest absolute Gasteiger partial charge is 0.163 e. The number of hydrogen-bond acceptors (Lipinski definition) is 3. The first-order valence-electron chi connectivity index (χ1n) is 9.60. The summed E-state index contributed by atoms with van der Waals surface area (Å²) in [7, 11) is 1.57. The zero-order valence-electron chi connectivity index (χ0n) is 17.7. The van der Waals surface area contributed by atoms with Crippen molar-refractivity contribution >= 4 is 5.78 Å². The molecule has 27 heavy (non-hydrogen) atoms. The third-order valence-electron chi connectivity index (χ3n) is 4.62. The minimum absolute atomic E-state index is 0.0286. The predicted octanol–water partition coefficient (Wildman–Crippen LogP) is 6.57. The molecule has 0 saturated heterocycles. The quantitative estimate of drug-likeness (QED) is 0.374. The van der Waals surface area contributed by atoms with Crippen LogP contribution in [0.5, 0.6) is 11.5 Å². The highest BCUT2D eigenvalue weighted by atomic mass is 16.5. The minimum atomic E-state index is -0.147. The van der Waals surface area contributed by atoms with E-state index in [0.29, 0.717) is 23.3 Å². The Hall–Kier alpha value is -2.29. The van der Waals surface area contributed by atoms with Crippen LogP contribution in [0.4, 0.5) is 0 Å². The largest absolute Gasteiger partial charge is 0.507 e. The van der Waals surface area contributed by atoms with E-state index in [1.165, 1.54) is 23.6 Å². The Kier molecular flexibility index (Phi) is 9.63. The Morgan fingerprint density at radius 1 is 0.963 bits per heavy atom. The van der Waals surface area contributed by atoms with Gasteiger partial charge in [-0.05, 0) is 78.9 Å². The summed E-state index contributed by atoms with van der Waals surface area (Å²) < 4.78 is 5.35. The van der Waals surface area contributed by atoms with Crippen LogP contribution in [0.25, 0.3) is 0 Å². The summed E-state index contributed by atoms with van der Waals surface area (Å²) in [6.45, 7) is 10.0. The number of ketones is 1. The van der Waals surface area contributed by atoms with Gasteiger partial charge in [0.2, 0.25) is 0 Å². The van der Waals surface area contributed by atoms with Gasteiger partial charge in [0, 0.05) is 5.56 Å². The number of rotatable bonds is 10. The number of phenolic OH excluding ortho intramolecular Hbond substituents is 1. The Morgan fingerprint density at radius 3 is 2.11 bits per heavy atom. The number of carbonyl (C=O) groups is 1. The van der Waals surface area contributed by atoms with Crippen LogP contribution < -0.4 is 4.74 Å². The SMILES string of the molecule is COc1ccc(C(C)=O)c(O)c1CC=C(C)CCC=C(C)CCC=C(C)C. The lowest BCUT2D eigenvalue weighted by atomic mass is 10.00. The fourth-order valence-electron chi connectivity index (χ4n) is 2.91. The van der Waals surface area contributed by atoms with E-state index < -0.39 is 0 Å². The number of aromatic hydroxyl groups is 1. The molecule has 0 bridgehead atoms. The number of benzene rings is 1. The predicted molar refractivity (Wildman–Crippen MR) is 114 cm³/mol. The third-order valence-corrected chi connectivity index (χ3v) is 4.62. The first-order valence-corrected chi connectivity index (χ1v) is 9.60. The number of ether oxygens (including phenoxy) is 1. The van der Waals surface area contributed by atoms with E-state index in [2.05, 4.69) is 45.9 Å². The van der Waals surface area contributed by atoms with Crippen LogP contribution in [-0.4, -0.2) is 18.0 Å². The van der Waals surface area contributed by atoms with Gasteiger partial charge >= 0.3 is 0 Å². The van der Waals surface area contributed by atoms with E-state index in [-0.39, 0.29) is 11.5 Å². The second-order valence-corrected chi connectivity index (χ2v) is 7.36. The molecule has 0 amide bonds. The number of hydrogen-bond donors (Lipinski definition) is 1. The summed E-state index contributed by atoms with van der Waals surface area (Å²) in [5.41, 5.74) is 5.06. The van der Waals surface area contributed by atoms with Gasteiger partial charge in [-0.25, -0.2) is 0 Å². The van der Waals surface area contributed by atoms with Crippen molar-refractivity contribution in [2.75, 3.05) is 7.11 Å². The third kappa shape index (κ3) is 7.86. The number of carbonyl (C=O) groups excluding carboxylic acids is 1. The number of phenols is 1. The van der Waals surface area contributed by atoms with Crippen LogP contribution in [0.3, 0.4) is 0 Å². The molecular weight excluding hydrogens is 336 g/mol. The summed E-state index contributed by atoms with van der Waals surface area (Å²) in [6, 6.07) is 3.35. The molecule has 0 radical (unpaired) electrons. The fourth-order valence-corrected chi connectivity index (χ4v) is 2.91. The maximum absolute atomic E-state index is 11.6. The first kappa shape index (κ1) is 22.8. The lowest BCUT2D eigenvalue weighted by Gasteiger charge is -2.12. The summed E-state index contributed by atoms with van der Waals surface area (Å²) >= 11 is 0. The van der Waals surface area contributed by atoms with Crippen molar-refractivity contribution in [2.24, 2.45) is 0 Å². The van der Waals surface area contributed by atoms with Gasteiger partial charge in [0.05, 0.1) is 12.7 Å². The van der Waals surface area contributed by atoms with Crippen LogP contribution >= 0.6 is 0 Å². The van der Waals surface area contributed by atoms with Crippen molar-refractivity contribution in [3.05, 3.63) is 58.2 Å². The Morgan fingerprint density at radius 2 is 1.56 bits per heavy atom. The molecule has 0 heterocycles. The van der Waals surface area contributed by atoms with Crippen molar-refractivity contribution in [2.45, 2.75) is 66.7 Å². The normalized spacial score (nSPS) is 12.1. The number of Topliss-reactive ketones (excluding diaryl/α,β-unsaturated/α-hetero) is 1. The fraction of sp³-hybridized carbons (Fsp3) is 0.458. The average Bonchev–Trinajstić information content (AvgIpc) is 2.59. The maximum Gasteiger partial charge on any atom is 0.163 e. The molecule has 0 fully saturated rings. The summed E-state index contributed by atoms with van der Waals surface area (Å²) in [5, 5.41) is 10.4. The van der Waals surface area contributed by atoms with Crippen LogP contribution in [0.15, 0.2) is 47.1 Å². The van der Waals surface area contributed by atoms with E-state index >= 15 is 0 Å². The molecule has 3 nitrogen and oxygen atoms in total. The molecule has 1 aromatic rings. The molecule has 1 rings (SSSR count). The summed E-state index contributed by atoms with van der Waals surface area (Å²) in [6.07, 6.45) is 11.4. The van der Waals surface area contributed by atoms with Gasteiger partial charge in [-0.3, -0.25) is 4.79 Å². The van der Waals surface area contributed by atoms with Crippen molar-refractivity contribution in [3.63, 3.8) is 0 Å². The molecular formula is C24H34O3. The van der Waals surface area contributed by atoms with E-state index in [9.17, 15) is 9.90 Å². The van der Waals surface area contributed by atoms with Gasteiger partial charge in [0.1, 0.15) is 11.5 Å². The van der Waals surface area contributed by atoms with Gasteiger partial charge in [0.15, 0.2) is 5.78 Å². The first-order chi connectivity index (χ1) is 12.8. The monoisotopic (exact) mass is 370 g/mol. The standard InChI is InChI=1S/C24H34O3/c1-17(2)9-7-10-18(3)11-8-12-19(4)13-14-22-23(27-6)16-15-21(20(5)25)24(22)26/h9,11,13,15-16,26H,7-8,10,12,14H2,1-6H3. The second kappa shape index (κ2) is 11.4. The van der Waals surface area contributed by atoms with E-state index in [1.807, 2.05) is 0 Å². The topological polar surface area (TPSA) is 46.5 Å². The molecule has 3 heteroatoms. The van der Waals surface area contributed by atoms with Crippen molar-refractivity contribution < 1.29 is 14.6 Å². The van der Waals surface area contributed by atoms with Crippen LogP contribution in [0, 0.1) is 0 Å². The lowest BCUT2D eigenvalue weighted by molar-refractivity contribution is 0.101. The molecule has 148 valence electrons. The zero-order chi connectivity index (χ0) is 20.4. The van der Waals surface area contributed by atoms with E-state index in [1.54, 1.807) is 19.2 Å². The Labute approximate surface area is 164 Å². The van der Waals surface area contributed by atoms with E-state index in [0.717, 1.165) is 25.7 Å². The van der Waals surface area contributed by atoms with Crippen LogP contribution in [-0.2, 0) is 6.42 Å². The molecule has 1 aromatic carbocycles. The highest BCUT2D eigenvalue weighted by Gasteiger charge is 2.15. The van der Waals surface area contributed by atoms with Gasteiger partial charge in [-0.1, -0.05) is 34.9 Å². The Bertz CT molecular complexity index is 732. The second-order valence-electron chi connectivity index (χ2n) is 7.36. The summed E-state index contributed by atoms with van der Waals surface area (Å²) in [5.74, 6) is 0.489. The van der Waals surface area contributed by atoms with Gasteiger partial charge in [-0.15, -0.1) is 0 Å². The highest BCUT2D eigenvalue weighted by Crippen LogP contribution is 2.32. The average molecular weight is 371 g/mol.